The molecule has 1 unspecified atom stereocenters. The molecule has 0 aliphatic carbocycles. The van der Waals surface area contributed by atoms with E-state index in [1.54, 1.807) is 6.92 Å². The quantitative estimate of drug-likeness (QED) is 0.672. The number of carboxylic acid groups (broad SMARTS) is 1. The van der Waals surface area contributed by atoms with Gasteiger partial charge in [0.05, 0.1) is 12.6 Å². The molecule has 0 aliphatic heterocycles. The zero-order valence-corrected chi connectivity index (χ0v) is 8.87. The summed E-state index contributed by atoms with van der Waals surface area (Å²) in [5.41, 5.74) is 5.12. The summed E-state index contributed by atoms with van der Waals surface area (Å²) in [5.74, 6) is -1.37. The van der Waals surface area contributed by atoms with E-state index in [4.69, 9.17) is 10.8 Å². The molecule has 1 rings (SSSR count). The number of thiazole rings is 1. The number of nitrogens with one attached hydrogen (secondary N) is 1. The number of carbonyl (C=O) groups excluding carboxylic acids is 1. The van der Waals surface area contributed by atoms with Crippen LogP contribution in [0.25, 0.3) is 0 Å². The van der Waals surface area contributed by atoms with Crippen molar-refractivity contribution in [2.24, 2.45) is 5.73 Å². The van der Waals surface area contributed by atoms with Crippen LogP contribution >= 0.6 is 11.3 Å². The number of carboxylic acids is 1. The molecule has 0 radical (unpaired) electrons. The summed E-state index contributed by atoms with van der Waals surface area (Å²) in [6, 6.07) is -0.320. The second-order valence-electron chi connectivity index (χ2n) is 2.87. The summed E-state index contributed by atoms with van der Waals surface area (Å²) in [6.45, 7) is 1.62. The molecule has 0 fully saturated rings. The summed E-state index contributed by atoms with van der Waals surface area (Å²) in [5, 5.41) is 13.2. The summed E-state index contributed by atoms with van der Waals surface area (Å²) >= 11 is 1.19. The molecule has 0 spiro atoms. The maximum Gasteiger partial charge on any atom is 0.355 e. The van der Waals surface area contributed by atoms with E-state index in [0.717, 1.165) is 0 Å². The molecular weight excluding hydrogens is 218 g/mol. The lowest BCUT2D eigenvalue weighted by molar-refractivity contribution is -0.120. The Balaban J connectivity index is 2.69. The monoisotopic (exact) mass is 229 g/mol. The first kappa shape index (κ1) is 11.6. The van der Waals surface area contributed by atoms with Crippen molar-refractivity contribution in [3.63, 3.8) is 0 Å². The van der Waals surface area contributed by atoms with Gasteiger partial charge in [-0.2, -0.15) is 0 Å². The number of nitrogens with zero attached hydrogens (tertiary/aromatic N) is 1. The van der Waals surface area contributed by atoms with Gasteiger partial charge in [0.2, 0.25) is 5.91 Å². The van der Waals surface area contributed by atoms with Gasteiger partial charge in [0, 0.05) is 5.38 Å². The molecule has 6 nitrogen and oxygen atoms in total. The molecule has 7 heteroatoms. The Hall–Kier alpha value is -1.47. The van der Waals surface area contributed by atoms with Gasteiger partial charge in [0.25, 0.3) is 0 Å². The minimum Gasteiger partial charge on any atom is -0.476 e. The Morgan fingerprint density at radius 1 is 1.73 bits per heavy atom. The molecule has 0 bridgehead atoms. The molecule has 1 atom stereocenters. The summed E-state index contributed by atoms with van der Waals surface area (Å²) < 4.78 is 0. The molecule has 4 N–H and O–H groups in total. The van der Waals surface area contributed by atoms with Gasteiger partial charge in [-0.1, -0.05) is 0 Å². The van der Waals surface area contributed by atoms with E-state index in [2.05, 4.69) is 10.3 Å². The third-order valence-electron chi connectivity index (χ3n) is 1.67. The lowest BCUT2D eigenvalue weighted by Crippen LogP contribution is -2.32. The van der Waals surface area contributed by atoms with Crippen LogP contribution in [0.1, 0.15) is 28.5 Å². The summed E-state index contributed by atoms with van der Waals surface area (Å²) in [7, 11) is 0. The van der Waals surface area contributed by atoms with Crippen LogP contribution in [-0.2, 0) is 4.79 Å². The zero-order chi connectivity index (χ0) is 11.4. The molecule has 0 saturated heterocycles. The second-order valence-corrected chi connectivity index (χ2v) is 3.76. The zero-order valence-electron chi connectivity index (χ0n) is 8.06. The summed E-state index contributed by atoms with van der Waals surface area (Å²) in [6.07, 6.45) is 0. The minimum atomic E-state index is -1.07. The van der Waals surface area contributed by atoms with Crippen molar-refractivity contribution in [2.75, 3.05) is 6.54 Å². The second kappa shape index (κ2) is 4.85. The van der Waals surface area contributed by atoms with Gasteiger partial charge in [0.15, 0.2) is 5.69 Å². The average molecular weight is 229 g/mol. The molecule has 82 valence electrons. The molecule has 1 aromatic heterocycles. The average Bonchev–Trinajstić information content (AvgIpc) is 2.66. The van der Waals surface area contributed by atoms with Crippen LogP contribution in [0.2, 0.25) is 0 Å². The number of rotatable bonds is 4. The molecule has 1 heterocycles. The van der Waals surface area contributed by atoms with Gasteiger partial charge in [-0.15, -0.1) is 11.3 Å². The van der Waals surface area contributed by atoms with Gasteiger partial charge < -0.3 is 16.2 Å². The van der Waals surface area contributed by atoms with E-state index in [1.165, 1.54) is 16.7 Å². The highest BCUT2D eigenvalue weighted by atomic mass is 32.1. The molecule has 0 saturated carbocycles. The van der Waals surface area contributed by atoms with E-state index in [9.17, 15) is 9.59 Å². The molecule has 0 aromatic carbocycles. The highest BCUT2D eigenvalue weighted by molar-refractivity contribution is 7.09. The van der Waals surface area contributed by atoms with Crippen molar-refractivity contribution in [2.45, 2.75) is 13.0 Å². The fourth-order valence-electron chi connectivity index (χ4n) is 0.947. The number of hydrogen-bond acceptors (Lipinski definition) is 5. The van der Waals surface area contributed by atoms with E-state index < -0.39 is 5.97 Å². The normalized spacial score (nSPS) is 12.1. The molecule has 0 aliphatic rings. The fraction of sp³-hybridized carbons (Fsp3) is 0.375. The van der Waals surface area contributed by atoms with Gasteiger partial charge in [-0.3, -0.25) is 4.79 Å². The topological polar surface area (TPSA) is 105 Å². The fourth-order valence-corrected chi connectivity index (χ4v) is 1.75. The molecule has 15 heavy (non-hydrogen) atoms. The van der Waals surface area contributed by atoms with Gasteiger partial charge in [-0.25, -0.2) is 9.78 Å². The van der Waals surface area contributed by atoms with Gasteiger partial charge in [0.1, 0.15) is 5.01 Å². The first-order valence-electron chi connectivity index (χ1n) is 4.22. The van der Waals surface area contributed by atoms with E-state index >= 15 is 0 Å². The number of carbonyl (C=O) groups is 2. The highest BCUT2D eigenvalue weighted by Gasteiger charge is 2.14. The third kappa shape index (κ3) is 3.00. The number of hydrogen-bond donors (Lipinski definition) is 3. The third-order valence-corrected chi connectivity index (χ3v) is 2.70. The predicted octanol–water partition coefficient (Wildman–Crippen LogP) is -0.0228. The van der Waals surface area contributed by atoms with Crippen LogP contribution < -0.4 is 11.1 Å². The molecular formula is C8H11N3O3S. The standard InChI is InChI=1S/C8H11N3O3S/c1-4(10-6(12)2-9)7-11-5(3-15-7)8(13)14/h3-4H,2,9H2,1H3,(H,10,12)(H,13,14). The Bertz CT molecular complexity index is 377. The number of aromatic carboxylic acids is 1. The van der Waals surface area contributed by atoms with Gasteiger partial charge in [-0.05, 0) is 6.92 Å². The Kier molecular flexibility index (Phi) is 3.75. The smallest absolute Gasteiger partial charge is 0.355 e. The van der Waals surface area contributed by atoms with Crippen LogP contribution in [0.15, 0.2) is 5.38 Å². The van der Waals surface area contributed by atoms with Crippen LogP contribution in [0, 0.1) is 0 Å². The molecule has 1 amide bonds. The van der Waals surface area contributed by atoms with E-state index in [-0.39, 0.29) is 24.2 Å². The Morgan fingerprint density at radius 3 is 2.87 bits per heavy atom. The maximum atomic E-state index is 11.0. The SMILES string of the molecule is CC(NC(=O)CN)c1nc(C(=O)O)cs1. The van der Waals surface area contributed by atoms with Crippen LogP contribution in [0.5, 0.6) is 0 Å². The van der Waals surface area contributed by atoms with E-state index in [1.807, 2.05) is 0 Å². The van der Waals surface area contributed by atoms with Crippen molar-refractivity contribution in [1.82, 2.24) is 10.3 Å². The lowest BCUT2D eigenvalue weighted by Gasteiger charge is -2.09. The van der Waals surface area contributed by atoms with Crippen molar-refractivity contribution in [1.29, 1.82) is 0 Å². The largest absolute Gasteiger partial charge is 0.476 e. The summed E-state index contributed by atoms with van der Waals surface area (Å²) in [4.78, 5) is 25.4. The van der Waals surface area contributed by atoms with Gasteiger partial charge >= 0.3 is 5.97 Å². The van der Waals surface area contributed by atoms with Crippen molar-refractivity contribution in [3.05, 3.63) is 16.1 Å². The minimum absolute atomic E-state index is 0.0103. The number of aromatic nitrogens is 1. The lowest BCUT2D eigenvalue weighted by atomic mass is 10.3. The first-order valence-corrected chi connectivity index (χ1v) is 5.10. The van der Waals surface area contributed by atoms with Crippen LogP contribution in [0.3, 0.4) is 0 Å². The number of nitrogens with two attached hydrogens (primary N) is 1. The number of amides is 1. The van der Waals surface area contributed by atoms with E-state index in [0.29, 0.717) is 5.01 Å². The van der Waals surface area contributed by atoms with Crippen molar-refractivity contribution >= 4 is 23.2 Å². The first-order chi connectivity index (χ1) is 7.04. The van der Waals surface area contributed by atoms with Crippen molar-refractivity contribution in [3.8, 4) is 0 Å². The highest BCUT2D eigenvalue weighted by Crippen LogP contribution is 2.17. The van der Waals surface area contributed by atoms with Crippen LogP contribution in [-0.4, -0.2) is 28.5 Å². The predicted molar refractivity (Wildman–Crippen MR) is 54.7 cm³/mol. The molecule has 1 aromatic rings. The maximum absolute atomic E-state index is 11.0. The van der Waals surface area contributed by atoms with Crippen molar-refractivity contribution < 1.29 is 14.7 Å². The Morgan fingerprint density at radius 2 is 2.40 bits per heavy atom. The van der Waals surface area contributed by atoms with Crippen LogP contribution in [0.4, 0.5) is 0 Å². The Labute approximate surface area is 90.1 Å².